The SMILES string of the molecule is c1cc2c(cn1)nnc1ccsc12. The minimum absolute atomic E-state index is 0.859. The Balaban J connectivity index is 2.65. The predicted molar refractivity (Wildman–Crippen MR) is 52.7 cm³/mol. The van der Waals surface area contributed by atoms with Crippen LogP contribution in [0.3, 0.4) is 0 Å². The third kappa shape index (κ3) is 0.922. The quantitative estimate of drug-likeness (QED) is 0.541. The molecule has 0 unspecified atom stereocenters. The fraction of sp³-hybridized carbons (Fsp3) is 0. The first-order chi connectivity index (χ1) is 6.45. The van der Waals surface area contributed by atoms with Gasteiger partial charge in [-0.1, -0.05) is 0 Å². The molecule has 3 aromatic rings. The Hall–Kier alpha value is -1.55. The first-order valence-corrected chi connectivity index (χ1v) is 4.77. The highest BCUT2D eigenvalue weighted by Crippen LogP contribution is 2.25. The van der Waals surface area contributed by atoms with E-state index < -0.39 is 0 Å². The van der Waals surface area contributed by atoms with Gasteiger partial charge in [-0.15, -0.1) is 21.5 Å². The van der Waals surface area contributed by atoms with E-state index >= 15 is 0 Å². The number of hydrogen-bond acceptors (Lipinski definition) is 4. The molecule has 3 rings (SSSR count). The highest BCUT2D eigenvalue weighted by atomic mass is 32.1. The highest BCUT2D eigenvalue weighted by Gasteiger charge is 2.02. The molecule has 3 heterocycles. The van der Waals surface area contributed by atoms with Gasteiger partial charge >= 0.3 is 0 Å². The van der Waals surface area contributed by atoms with Crippen LogP contribution in [0.2, 0.25) is 0 Å². The van der Waals surface area contributed by atoms with Gasteiger partial charge in [0.1, 0.15) is 11.0 Å². The molecule has 0 fully saturated rings. The molecule has 13 heavy (non-hydrogen) atoms. The topological polar surface area (TPSA) is 38.7 Å². The lowest BCUT2D eigenvalue weighted by atomic mass is 10.3. The molecule has 4 heteroatoms. The van der Waals surface area contributed by atoms with Crippen molar-refractivity contribution in [1.82, 2.24) is 15.2 Å². The van der Waals surface area contributed by atoms with Gasteiger partial charge in [-0.2, -0.15) is 0 Å². The van der Waals surface area contributed by atoms with E-state index in [1.165, 1.54) is 4.70 Å². The van der Waals surface area contributed by atoms with Crippen LogP contribution in [-0.4, -0.2) is 15.2 Å². The van der Waals surface area contributed by atoms with Crippen molar-refractivity contribution in [3.05, 3.63) is 29.9 Å². The standard InChI is InChI=1S/C9H5N3S/c1-3-10-5-8-6(1)9-7(11-12-8)2-4-13-9/h1-5H. The second kappa shape index (κ2) is 2.47. The molecule has 0 aromatic carbocycles. The molecule has 0 amide bonds. The molecule has 0 atom stereocenters. The number of fused-ring (bicyclic) bond motifs is 3. The zero-order valence-electron chi connectivity index (χ0n) is 6.64. The minimum Gasteiger partial charge on any atom is -0.262 e. The van der Waals surface area contributed by atoms with Crippen molar-refractivity contribution in [2.45, 2.75) is 0 Å². The Morgan fingerprint density at radius 1 is 1.08 bits per heavy atom. The molecule has 0 saturated heterocycles. The summed E-state index contributed by atoms with van der Waals surface area (Å²) in [6.07, 6.45) is 3.52. The Bertz CT molecular complexity index is 573. The van der Waals surface area contributed by atoms with Crippen molar-refractivity contribution in [3.63, 3.8) is 0 Å². The van der Waals surface area contributed by atoms with Crippen molar-refractivity contribution < 1.29 is 0 Å². The van der Waals surface area contributed by atoms with Crippen LogP contribution in [0.5, 0.6) is 0 Å². The maximum atomic E-state index is 4.09. The Morgan fingerprint density at radius 3 is 3.00 bits per heavy atom. The third-order valence-electron chi connectivity index (χ3n) is 1.95. The van der Waals surface area contributed by atoms with Crippen LogP contribution in [-0.2, 0) is 0 Å². The summed E-state index contributed by atoms with van der Waals surface area (Å²) in [5, 5.41) is 11.3. The predicted octanol–water partition coefficient (Wildman–Crippen LogP) is 2.24. The summed E-state index contributed by atoms with van der Waals surface area (Å²) in [5.41, 5.74) is 1.82. The van der Waals surface area contributed by atoms with Gasteiger partial charge in [0, 0.05) is 11.6 Å². The van der Waals surface area contributed by atoms with Gasteiger partial charge in [-0.25, -0.2) is 0 Å². The minimum atomic E-state index is 0.859. The first kappa shape index (κ1) is 6.91. The fourth-order valence-corrected chi connectivity index (χ4v) is 2.21. The van der Waals surface area contributed by atoms with E-state index in [4.69, 9.17) is 0 Å². The van der Waals surface area contributed by atoms with Crippen LogP contribution < -0.4 is 0 Å². The molecule has 0 bridgehead atoms. The monoisotopic (exact) mass is 187 g/mol. The lowest BCUT2D eigenvalue weighted by molar-refractivity contribution is 1.12. The van der Waals surface area contributed by atoms with Crippen molar-refractivity contribution in [2.24, 2.45) is 0 Å². The number of rotatable bonds is 0. The summed E-state index contributed by atoms with van der Waals surface area (Å²) in [6, 6.07) is 3.95. The van der Waals surface area contributed by atoms with Crippen LogP contribution in [0.15, 0.2) is 29.9 Å². The van der Waals surface area contributed by atoms with E-state index in [9.17, 15) is 0 Å². The Kier molecular flexibility index (Phi) is 1.31. The Labute approximate surface area is 78.1 Å². The molecule has 62 valence electrons. The second-order valence-electron chi connectivity index (χ2n) is 2.73. The van der Waals surface area contributed by atoms with E-state index in [0.29, 0.717) is 0 Å². The maximum absolute atomic E-state index is 4.09. The average molecular weight is 187 g/mol. The van der Waals surface area contributed by atoms with Gasteiger partial charge in [0.05, 0.1) is 10.9 Å². The number of hydrogen-bond donors (Lipinski definition) is 0. The van der Waals surface area contributed by atoms with Gasteiger partial charge in [-0.05, 0) is 17.5 Å². The van der Waals surface area contributed by atoms with Gasteiger partial charge in [-0.3, -0.25) is 4.98 Å². The molecule has 3 nitrogen and oxygen atoms in total. The summed E-state index contributed by atoms with van der Waals surface area (Å²) in [4.78, 5) is 4.01. The van der Waals surface area contributed by atoms with Crippen molar-refractivity contribution >= 4 is 32.5 Å². The highest BCUT2D eigenvalue weighted by molar-refractivity contribution is 7.18. The molecule has 0 spiro atoms. The number of pyridine rings is 1. The maximum Gasteiger partial charge on any atom is 0.113 e. The third-order valence-corrected chi connectivity index (χ3v) is 2.89. The van der Waals surface area contributed by atoms with Gasteiger partial charge in [0.2, 0.25) is 0 Å². The molecule has 0 N–H and O–H groups in total. The summed E-state index contributed by atoms with van der Waals surface area (Å²) in [6.45, 7) is 0. The summed E-state index contributed by atoms with van der Waals surface area (Å²) < 4.78 is 1.19. The number of nitrogens with zero attached hydrogens (tertiary/aromatic N) is 3. The van der Waals surface area contributed by atoms with E-state index in [0.717, 1.165) is 16.4 Å². The van der Waals surface area contributed by atoms with Crippen LogP contribution in [0.25, 0.3) is 21.1 Å². The summed E-state index contributed by atoms with van der Waals surface area (Å²) >= 11 is 1.69. The molecule has 0 radical (unpaired) electrons. The zero-order valence-corrected chi connectivity index (χ0v) is 7.45. The molecular formula is C9H5N3S. The van der Waals surface area contributed by atoms with Gasteiger partial charge < -0.3 is 0 Å². The van der Waals surface area contributed by atoms with Crippen molar-refractivity contribution in [3.8, 4) is 0 Å². The van der Waals surface area contributed by atoms with Gasteiger partial charge in [0.15, 0.2) is 0 Å². The van der Waals surface area contributed by atoms with E-state index in [1.807, 2.05) is 17.5 Å². The number of thiophene rings is 1. The zero-order chi connectivity index (χ0) is 8.67. The summed E-state index contributed by atoms with van der Waals surface area (Å²) in [7, 11) is 0. The lowest BCUT2D eigenvalue weighted by Gasteiger charge is -1.94. The van der Waals surface area contributed by atoms with Crippen molar-refractivity contribution in [2.75, 3.05) is 0 Å². The van der Waals surface area contributed by atoms with E-state index in [1.54, 1.807) is 23.7 Å². The fourth-order valence-electron chi connectivity index (χ4n) is 1.35. The number of aromatic nitrogens is 3. The molecule has 0 aliphatic heterocycles. The normalized spacial score (nSPS) is 11.1. The molecule has 0 aliphatic carbocycles. The Morgan fingerprint density at radius 2 is 2.00 bits per heavy atom. The first-order valence-electron chi connectivity index (χ1n) is 3.89. The van der Waals surface area contributed by atoms with Crippen molar-refractivity contribution in [1.29, 1.82) is 0 Å². The van der Waals surface area contributed by atoms with E-state index in [2.05, 4.69) is 15.2 Å². The largest absolute Gasteiger partial charge is 0.262 e. The average Bonchev–Trinajstić information content (AvgIpc) is 2.65. The van der Waals surface area contributed by atoms with Crippen LogP contribution in [0, 0.1) is 0 Å². The van der Waals surface area contributed by atoms with Gasteiger partial charge in [0.25, 0.3) is 0 Å². The smallest absolute Gasteiger partial charge is 0.113 e. The molecular weight excluding hydrogens is 182 g/mol. The molecule has 0 saturated carbocycles. The molecule has 0 aliphatic rings. The van der Waals surface area contributed by atoms with E-state index in [-0.39, 0.29) is 0 Å². The van der Waals surface area contributed by atoms with Crippen LogP contribution in [0.4, 0.5) is 0 Å². The molecule has 3 aromatic heterocycles. The van der Waals surface area contributed by atoms with Crippen LogP contribution >= 0.6 is 11.3 Å². The second-order valence-corrected chi connectivity index (χ2v) is 3.64. The lowest BCUT2D eigenvalue weighted by Crippen LogP contribution is -1.84. The van der Waals surface area contributed by atoms with Crippen LogP contribution in [0.1, 0.15) is 0 Å². The summed E-state index contributed by atoms with van der Waals surface area (Å²) in [5.74, 6) is 0.